The molecule has 78 valence electrons. The van der Waals surface area contributed by atoms with E-state index in [2.05, 4.69) is 25.8 Å². The van der Waals surface area contributed by atoms with E-state index in [0.29, 0.717) is 0 Å². The first-order chi connectivity index (χ1) is 6.59. The fourth-order valence-corrected chi connectivity index (χ4v) is 1.47. The van der Waals surface area contributed by atoms with E-state index in [4.69, 9.17) is 5.11 Å². The van der Waals surface area contributed by atoms with Gasteiger partial charge < -0.3 is 10.0 Å². The summed E-state index contributed by atoms with van der Waals surface area (Å²) in [5.74, 6) is 0. The van der Waals surface area contributed by atoms with Crippen LogP contribution in [0.25, 0.3) is 0 Å². The molecule has 0 aromatic carbocycles. The van der Waals surface area contributed by atoms with Gasteiger partial charge in [-0.3, -0.25) is 4.98 Å². The van der Waals surface area contributed by atoms with E-state index < -0.39 is 0 Å². The molecule has 1 aromatic heterocycles. The molecular formula is C10H15BrN2O. The summed E-state index contributed by atoms with van der Waals surface area (Å²) >= 11 is 3.37. The molecular weight excluding hydrogens is 244 g/mol. The molecule has 1 aromatic rings. The summed E-state index contributed by atoms with van der Waals surface area (Å²) in [6, 6.07) is 2.01. The van der Waals surface area contributed by atoms with Gasteiger partial charge in [0.15, 0.2) is 0 Å². The standard InChI is InChI=1S/C10H15BrN2O/c1-8(14)3-4-13(2)10-5-9(11)6-12-7-10/h5-8,14H,3-4H2,1-2H3. The van der Waals surface area contributed by atoms with Gasteiger partial charge in [-0.25, -0.2) is 0 Å². The maximum Gasteiger partial charge on any atom is 0.0561 e. The number of hydrogen-bond donors (Lipinski definition) is 1. The maximum atomic E-state index is 9.15. The second kappa shape index (κ2) is 5.32. The minimum atomic E-state index is -0.252. The Balaban J connectivity index is 2.56. The smallest absolute Gasteiger partial charge is 0.0561 e. The van der Waals surface area contributed by atoms with Gasteiger partial charge in [0.05, 0.1) is 18.0 Å². The van der Waals surface area contributed by atoms with E-state index in [1.807, 2.05) is 19.3 Å². The Kier molecular flexibility index (Phi) is 4.35. The van der Waals surface area contributed by atoms with Gasteiger partial charge in [-0.15, -0.1) is 0 Å². The van der Waals surface area contributed by atoms with Crippen molar-refractivity contribution in [3.05, 3.63) is 22.9 Å². The zero-order valence-electron chi connectivity index (χ0n) is 8.44. The molecule has 1 atom stereocenters. The van der Waals surface area contributed by atoms with Crippen molar-refractivity contribution in [2.45, 2.75) is 19.4 Å². The number of aromatic nitrogens is 1. The molecule has 0 saturated heterocycles. The Morgan fingerprint density at radius 3 is 2.86 bits per heavy atom. The minimum absolute atomic E-state index is 0.252. The second-order valence-corrected chi connectivity index (χ2v) is 4.34. The highest BCUT2D eigenvalue weighted by Gasteiger charge is 2.03. The summed E-state index contributed by atoms with van der Waals surface area (Å²) in [4.78, 5) is 6.16. The van der Waals surface area contributed by atoms with Crippen LogP contribution in [0.3, 0.4) is 0 Å². The van der Waals surface area contributed by atoms with Crippen LogP contribution < -0.4 is 4.90 Å². The molecule has 0 bridgehead atoms. The van der Waals surface area contributed by atoms with Gasteiger partial charge in [0.2, 0.25) is 0 Å². The predicted molar refractivity (Wildman–Crippen MR) is 61.5 cm³/mol. The first kappa shape index (κ1) is 11.5. The van der Waals surface area contributed by atoms with Crippen LogP contribution in [-0.2, 0) is 0 Å². The summed E-state index contributed by atoms with van der Waals surface area (Å²) in [5.41, 5.74) is 1.06. The number of rotatable bonds is 4. The number of nitrogens with zero attached hydrogens (tertiary/aromatic N) is 2. The van der Waals surface area contributed by atoms with Crippen molar-refractivity contribution in [1.82, 2.24) is 4.98 Å². The van der Waals surface area contributed by atoms with Crippen LogP contribution in [0.1, 0.15) is 13.3 Å². The lowest BCUT2D eigenvalue weighted by atomic mass is 10.2. The first-order valence-corrected chi connectivity index (χ1v) is 5.38. The zero-order chi connectivity index (χ0) is 10.6. The molecule has 0 fully saturated rings. The minimum Gasteiger partial charge on any atom is -0.393 e. The second-order valence-electron chi connectivity index (χ2n) is 3.42. The summed E-state index contributed by atoms with van der Waals surface area (Å²) in [6.45, 7) is 2.63. The average molecular weight is 259 g/mol. The van der Waals surface area contributed by atoms with Gasteiger partial charge in [-0.1, -0.05) is 0 Å². The van der Waals surface area contributed by atoms with Gasteiger partial charge in [0, 0.05) is 24.3 Å². The SMILES string of the molecule is CC(O)CCN(C)c1cncc(Br)c1. The lowest BCUT2D eigenvalue weighted by Crippen LogP contribution is -2.21. The molecule has 14 heavy (non-hydrogen) atoms. The Bertz CT molecular complexity index is 291. The molecule has 0 amide bonds. The monoisotopic (exact) mass is 258 g/mol. The van der Waals surface area contributed by atoms with Gasteiger partial charge in [-0.2, -0.15) is 0 Å². The van der Waals surface area contributed by atoms with Crippen LogP contribution in [0, 0.1) is 0 Å². The molecule has 1 N–H and O–H groups in total. The fraction of sp³-hybridized carbons (Fsp3) is 0.500. The highest BCUT2D eigenvalue weighted by Crippen LogP contribution is 2.17. The number of halogens is 1. The summed E-state index contributed by atoms with van der Waals surface area (Å²) < 4.78 is 0.971. The molecule has 0 spiro atoms. The lowest BCUT2D eigenvalue weighted by molar-refractivity contribution is 0.187. The average Bonchev–Trinajstić information content (AvgIpc) is 2.14. The Morgan fingerprint density at radius 1 is 1.57 bits per heavy atom. The third-order valence-corrected chi connectivity index (χ3v) is 2.45. The number of anilines is 1. The summed E-state index contributed by atoms with van der Waals surface area (Å²) in [7, 11) is 1.99. The Hall–Kier alpha value is -0.610. The molecule has 1 unspecified atom stereocenters. The predicted octanol–water partition coefficient (Wildman–Crippen LogP) is 2.05. The van der Waals surface area contributed by atoms with Crippen LogP contribution in [0.4, 0.5) is 5.69 Å². The molecule has 0 aliphatic heterocycles. The quantitative estimate of drug-likeness (QED) is 0.899. The lowest BCUT2D eigenvalue weighted by Gasteiger charge is -2.19. The largest absolute Gasteiger partial charge is 0.393 e. The van der Waals surface area contributed by atoms with E-state index in [-0.39, 0.29) is 6.10 Å². The number of hydrogen-bond acceptors (Lipinski definition) is 3. The van der Waals surface area contributed by atoms with Crippen molar-refractivity contribution >= 4 is 21.6 Å². The third kappa shape index (κ3) is 3.64. The van der Waals surface area contributed by atoms with Crippen LogP contribution in [0.5, 0.6) is 0 Å². The molecule has 1 heterocycles. The van der Waals surface area contributed by atoms with Crippen molar-refractivity contribution in [1.29, 1.82) is 0 Å². The van der Waals surface area contributed by atoms with Crippen molar-refractivity contribution in [3.63, 3.8) is 0 Å². The van der Waals surface area contributed by atoms with Gasteiger partial charge in [0.25, 0.3) is 0 Å². The number of aliphatic hydroxyl groups excluding tert-OH is 1. The van der Waals surface area contributed by atoms with Gasteiger partial charge >= 0.3 is 0 Å². The van der Waals surface area contributed by atoms with E-state index in [0.717, 1.165) is 23.1 Å². The molecule has 3 nitrogen and oxygen atoms in total. The summed E-state index contributed by atoms with van der Waals surface area (Å²) in [6.07, 6.45) is 4.08. The van der Waals surface area contributed by atoms with E-state index in [9.17, 15) is 0 Å². The van der Waals surface area contributed by atoms with Crippen molar-refractivity contribution in [2.75, 3.05) is 18.5 Å². The van der Waals surface area contributed by atoms with E-state index in [1.54, 1.807) is 13.1 Å². The first-order valence-electron chi connectivity index (χ1n) is 4.59. The molecule has 1 rings (SSSR count). The molecule has 0 aliphatic rings. The summed E-state index contributed by atoms with van der Waals surface area (Å²) in [5, 5.41) is 9.15. The zero-order valence-corrected chi connectivity index (χ0v) is 10.0. The van der Waals surface area contributed by atoms with Crippen LogP contribution in [0.15, 0.2) is 22.9 Å². The van der Waals surface area contributed by atoms with Crippen molar-refractivity contribution in [2.24, 2.45) is 0 Å². The number of pyridine rings is 1. The maximum absolute atomic E-state index is 9.15. The molecule has 0 aliphatic carbocycles. The van der Waals surface area contributed by atoms with E-state index >= 15 is 0 Å². The third-order valence-electron chi connectivity index (χ3n) is 2.01. The highest BCUT2D eigenvalue weighted by molar-refractivity contribution is 9.10. The van der Waals surface area contributed by atoms with Crippen LogP contribution in [-0.4, -0.2) is 29.8 Å². The van der Waals surface area contributed by atoms with Gasteiger partial charge in [-0.05, 0) is 35.3 Å². The van der Waals surface area contributed by atoms with Crippen molar-refractivity contribution < 1.29 is 5.11 Å². The van der Waals surface area contributed by atoms with Crippen LogP contribution in [0.2, 0.25) is 0 Å². The molecule has 0 radical (unpaired) electrons. The van der Waals surface area contributed by atoms with E-state index in [1.165, 1.54) is 0 Å². The number of aliphatic hydroxyl groups is 1. The molecule has 0 saturated carbocycles. The normalized spacial score (nSPS) is 12.6. The van der Waals surface area contributed by atoms with Crippen molar-refractivity contribution in [3.8, 4) is 0 Å². The molecule has 4 heteroatoms. The Morgan fingerprint density at radius 2 is 2.29 bits per heavy atom. The Labute approximate surface area is 92.9 Å². The van der Waals surface area contributed by atoms with Gasteiger partial charge in [0.1, 0.15) is 0 Å². The fourth-order valence-electron chi connectivity index (χ4n) is 1.12. The van der Waals surface area contributed by atoms with Crippen LogP contribution >= 0.6 is 15.9 Å². The highest BCUT2D eigenvalue weighted by atomic mass is 79.9. The topological polar surface area (TPSA) is 36.4 Å².